The van der Waals surface area contributed by atoms with Gasteiger partial charge in [0, 0.05) is 23.6 Å². The third-order valence-corrected chi connectivity index (χ3v) is 3.68. The highest BCUT2D eigenvalue weighted by Gasteiger charge is 2.08. The summed E-state index contributed by atoms with van der Waals surface area (Å²) in [5.41, 5.74) is 5.89. The van der Waals surface area contributed by atoms with E-state index in [-0.39, 0.29) is 6.04 Å². The van der Waals surface area contributed by atoms with Gasteiger partial charge in [-0.15, -0.1) is 11.3 Å². The molecular weight excluding hydrogens is 270 g/mol. The monoisotopic (exact) mass is 285 g/mol. The van der Waals surface area contributed by atoms with E-state index >= 15 is 0 Å². The smallest absolute Gasteiger partial charge is 0.191 e. The Kier molecular flexibility index (Phi) is 3.52. The first-order chi connectivity index (χ1) is 9.72. The minimum Gasteiger partial charge on any atom is -0.449 e. The zero-order chi connectivity index (χ0) is 13.9. The SMILES string of the molecule is Cc1nc(-c2ccc(NC(C)c3cscn3)cc2)co1. The Morgan fingerprint density at radius 2 is 2.05 bits per heavy atom. The van der Waals surface area contributed by atoms with Crippen LogP contribution < -0.4 is 5.32 Å². The lowest BCUT2D eigenvalue weighted by atomic mass is 10.1. The minimum atomic E-state index is 0.196. The lowest BCUT2D eigenvalue weighted by Crippen LogP contribution is -2.06. The zero-order valence-corrected chi connectivity index (χ0v) is 12.1. The van der Waals surface area contributed by atoms with E-state index in [0.29, 0.717) is 5.89 Å². The van der Waals surface area contributed by atoms with Crippen molar-refractivity contribution in [2.75, 3.05) is 5.32 Å². The van der Waals surface area contributed by atoms with Crippen LogP contribution in [0.3, 0.4) is 0 Å². The summed E-state index contributed by atoms with van der Waals surface area (Å²) in [7, 11) is 0. The van der Waals surface area contributed by atoms with Crippen LogP contribution in [0.25, 0.3) is 11.3 Å². The maximum Gasteiger partial charge on any atom is 0.191 e. The number of rotatable bonds is 4. The molecule has 0 saturated carbocycles. The van der Waals surface area contributed by atoms with Crippen LogP contribution in [0, 0.1) is 6.92 Å². The van der Waals surface area contributed by atoms with Crippen LogP contribution >= 0.6 is 11.3 Å². The molecule has 1 unspecified atom stereocenters. The van der Waals surface area contributed by atoms with Crippen LogP contribution in [0.1, 0.15) is 24.6 Å². The number of hydrogen-bond donors (Lipinski definition) is 1. The topological polar surface area (TPSA) is 51.0 Å². The number of nitrogens with zero attached hydrogens (tertiary/aromatic N) is 2. The average Bonchev–Trinajstić information content (AvgIpc) is 3.10. The molecule has 2 heterocycles. The molecule has 3 rings (SSSR count). The van der Waals surface area contributed by atoms with Crippen molar-refractivity contribution < 1.29 is 4.42 Å². The lowest BCUT2D eigenvalue weighted by molar-refractivity contribution is 0.521. The molecule has 102 valence electrons. The molecule has 0 bridgehead atoms. The lowest BCUT2D eigenvalue weighted by Gasteiger charge is -2.13. The molecule has 1 atom stereocenters. The molecule has 1 aromatic carbocycles. The Bertz CT molecular complexity index is 673. The Hall–Kier alpha value is -2.14. The van der Waals surface area contributed by atoms with Gasteiger partial charge in [-0.05, 0) is 19.1 Å². The van der Waals surface area contributed by atoms with E-state index in [4.69, 9.17) is 4.42 Å². The van der Waals surface area contributed by atoms with Gasteiger partial charge in [0.25, 0.3) is 0 Å². The molecule has 0 aliphatic heterocycles. The van der Waals surface area contributed by atoms with Crippen LogP contribution in [0.4, 0.5) is 5.69 Å². The summed E-state index contributed by atoms with van der Waals surface area (Å²) in [6, 6.07) is 8.35. The molecular formula is C15H15N3OS. The van der Waals surface area contributed by atoms with E-state index in [0.717, 1.165) is 22.6 Å². The first-order valence-corrected chi connectivity index (χ1v) is 7.34. The fraction of sp³-hybridized carbons (Fsp3) is 0.200. The summed E-state index contributed by atoms with van der Waals surface area (Å²) in [5, 5.41) is 5.49. The Labute approximate surface area is 121 Å². The van der Waals surface area contributed by atoms with Crippen molar-refractivity contribution in [2.24, 2.45) is 0 Å². The second kappa shape index (κ2) is 5.46. The molecule has 0 aliphatic carbocycles. The number of hydrogen-bond acceptors (Lipinski definition) is 5. The van der Waals surface area contributed by atoms with E-state index in [1.54, 1.807) is 17.6 Å². The maximum atomic E-state index is 5.23. The highest BCUT2D eigenvalue weighted by atomic mass is 32.1. The fourth-order valence-electron chi connectivity index (χ4n) is 1.99. The van der Waals surface area contributed by atoms with Gasteiger partial charge in [0.15, 0.2) is 5.89 Å². The summed E-state index contributed by atoms with van der Waals surface area (Å²) < 4.78 is 5.23. The summed E-state index contributed by atoms with van der Waals surface area (Å²) in [4.78, 5) is 8.63. The molecule has 0 spiro atoms. The first kappa shape index (κ1) is 12.9. The molecule has 0 radical (unpaired) electrons. The number of oxazole rings is 1. The Balaban J connectivity index is 1.73. The van der Waals surface area contributed by atoms with Crippen molar-refractivity contribution in [3.8, 4) is 11.3 Å². The summed E-state index contributed by atoms with van der Waals surface area (Å²) >= 11 is 1.61. The fourth-order valence-corrected chi connectivity index (χ4v) is 2.64. The van der Waals surface area contributed by atoms with Gasteiger partial charge in [-0.3, -0.25) is 0 Å². The van der Waals surface area contributed by atoms with Crippen molar-refractivity contribution >= 4 is 17.0 Å². The van der Waals surface area contributed by atoms with Gasteiger partial charge >= 0.3 is 0 Å². The van der Waals surface area contributed by atoms with E-state index in [2.05, 4.69) is 27.6 Å². The van der Waals surface area contributed by atoms with E-state index in [9.17, 15) is 0 Å². The van der Waals surface area contributed by atoms with Gasteiger partial charge in [0.1, 0.15) is 12.0 Å². The molecule has 3 aromatic rings. The van der Waals surface area contributed by atoms with E-state index < -0.39 is 0 Å². The predicted octanol–water partition coefficient (Wildman–Crippen LogP) is 4.28. The van der Waals surface area contributed by atoms with Crippen molar-refractivity contribution in [3.63, 3.8) is 0 Å². The van der Waals surface area contributed by atoms with Gasteiger partial charge < -0.3 is 9.73 Å². The summed E-state index contributed by atoms with van der Waals surface area (Å²) in [6.45, 7) is 3.94. The number of thiazole rings is 1. The van der Waals surface area contributed by atoms with Crippen LogP contribution in [0.5, 0.6) is 0 Å². The number of aromatic nitrogens is 2. The van der Waals surface area contributed by atoms with Crippen LogP contribution in [0.2, 0.25) is 0 Å². The predicted molar refractivity (Wildman–Crippen MR) is 80.8 cm³/mol. The van der Waals surface area contributed by atoms with Gasteiger partial charge in [-0.2, -0.15) is 0 Å². The van der Waals surface area contributed by atoms with Crippen LogP contribution in [-0.2, 0) is 0 Å². The molecule has 4 nitrogen and oxygen atoms in total. The number of anilines is 1. The molecule has 1 N–H and O–H groups in total. The quantitative estimate of drug-likeness (QED) is 0.777. The number of aryl methyl sites for hydroxylation is 1. The third-order valence-electron chi connectivity index (χ3n) is 3.08. The number of benzene rings is 1. The highest BCUT2D eigenvalue weighted by Crippen LogP contribution is 2.23. The van der Waals surface area contributed by atoms with Gasteiger partial charge in [-0.25, -0.2) is 9.97 Å². The van der Waals surface area contributed by atoms with Crippen molar-refractivity contribution in [1.29, 1.82) is 0 Å². The Morgan fingerprint density at radius 1 is 1.25 bits per heavy atom. The molecule has 2 aromatic heterocycles. The second-order valence-electron chi connectivity index (χ2n) is 4.61. The zero-order valence-electron chi connectivity index (χ0n) is 11.3. The van der Waals surface area contributed by atoms with Gasteiger partial charge in [0.05, 0.1) is 17.2 Å². The van der Waals surface area contributed by atoms with E-state index in [1.807, 2.05) is 36.7 Å². The van der Waals surface area contributed by atoms with E-state index in [1.165, 1.54) is 0 Å². The van der Waals surface area contributed by atoms with Gasteiger partial charge in [0.2, 0.25) is 0 Å². The summed E-state index contributed by atoms with van der Waals surface area (Å²) in [5.74, 6) is 0.680. The largest absolute Gasteiger partial charge is 0.449 e. The number of nitrogens with one attached hydrogen (secondary N) is 1. The minimum absolute atomic E-state index is 0.196. The van der Waals surface area contributed by atoms with Crippen molar-refractivity contribution in [3.05, 3.63) is 53.0 Å². The molecule has 0 saturated heterocycles. The Morgan fingerprint density at radius 3 is 2.65 bits per heavy atom. The summed E-state index contributed by atoms with van der Waals surface area (Å²) in [6.07, 6.45) is 1.68. The maximum absolute atomic E-state index is 5.23. The third kappa shape index (κ3) is 2.72. The highest BCUT2D eigenvalue weighted by molar-refractivity contribution is 7.07. The molecule has 20 heavy (non-hydrogen) atoms. The second-order valence-corrected chi connectivity index (χ2v) is 5.33. The molecule has 5 heteroatoms. The first-order valence-electron chi connectivity index (χ1n) is 6.39. The van der Waals surface area contributed by atoms with Crippen molar-refractivity contribution in [1.82, 2.24) is 9.97 Å². The van der Waals surface area contributed by atoms with Gasteiger partial charge in [-0.1, -0.05) is 12.1 Å². The molecule has 0 fully saturated rings. The average molecular weight is 285 g/mol. The van der Waals surface area contributed by atoms with Crippen LogP contribution in [0.15, 0.2) is 45.8 Å². The van der Waals surface area contributed by atoms with Crippen molar-refractivity contribution in [2.45, 2.75) is 19.9 Å². The van der Waals surface area contributed by atoms with Crippen LogP contribution in [-0.4, -0.2) is 9.97 Å². The standard InChI is InChI=1S/C15H15N3OS/c1-10(15-8-20-9-16-15)17-13-5-3-12(4-6-13)14-7-19-11(2)18-14/h3-10,17H,1-2H3. The normalized spacial score (nSPS) is 12.3. The molecule has 0 amide bonds. The molecule has 0 aliphatic rings.